The lowest BCUT2D eigenvalue weighted by Crippen LogP contribution is -2.58. The largest absolute Gasteiger partial charge is 0.351 e. The molecule has 24 heavy (non-hydrogen) atoms. The zero-order valence-corrected chi connectivity index (χ0v) is 15.1. The lowest BCUT2D eigenvalue weighted by atomic mass is 9.67. The molecule has 3 aliphatic carbocycles. The number of rotatable bonds is 3. The maximum atomic E-state index is 12.9. The van der Waals surface area contributed by atoms with Crippen LogP contribution in [0.2, 0.25) is 0 Å². The normalized spacial score (nSPS) is 39.4. The molecule has 2 amide bonds. The Morgan fingerprint density at radius 3 is 2.33 bits per heavy atom. The topological polar surface area (TPSA) is 75.4 Å². The van der Waals surface area contributed by atoms with Crippen LogP contribution in [0.25, 0.3) is 0 Å². The first-order chi connectivity index (χ1) is 11.6. The Bertz CT molecular complexity index is 496. The standard InChI is InChI=1S/C18H29N3O2S/c19-14-7-12-5-2-6-13(8-14)16(12)20-17(22)15-9-24-10-21(15)18(23)11-3-1-4-11/h11-16H,1-10,19H2,(H,20,22). The van der Waals surface area contributed by atoms with E-state index >= 15 is 0 Å². The average molecular weight is 352 g/mol. The van der Waals surface area contributed by atoms with Gasteiger partial charge in [0.05, 0.1) is 5.88 Å². The van der Waals surface area contributed by atoms with Gasteiger partial charge < -0.3 is 16.0 Å². The summed E-state index contributed by atoms with van der Waals surface area (Å²) in [6.07, 6.45) is 8.84. The van der Waals surface area contributed by atoms with E-state index in [1.807, 2.05) is 4.90 Å². The van der Waals surface area contributed by atoms with Gasteiger partial charge in [-0.3, -0.25) is 9.59 Å². The van der Waals surface area contributed by atoms with Crippen molar-refractivity contribution in [1.82, 2.24) is 10.2 Å². The quantitative estimate of drug-likeness (QED) is 0.812. The van der Waals surface area contributed by atoms with Crippen LogP contribution in [0.1, 0.15) is 51.4 Å². The van der Waals surface area contributed by atoms with E-state index in [0.29, 0.717) is 23.8 Å². The summed E-state index contributed by atoms with van der Waals surface area (Å²) >= 11 is 1.71. The van der Waals surface area contributed by atoms with Gasteiger partial charge in [0.2, 0.25) is 11.8 Å². The van der Waals surface area contributed by atoms with E-state index in [-0.39, 0.29) is 29.8 Å². The van der Waals surface area contributed by atoms with Crippen LogP contribution in [0.3, 0.4) is 0 Å². The van der Waals surface area contributed by atoms with Crippen LogP contribution in [0.4, 0.5) is 0 Å². The van der Waals surface area contributed by atoms with Crippen molar-refractivity contribution in [3.05, 3.63) is 0 Å². The van der Waals surface area contributed by atoms with Crippen molar-refractivity contribution in [3.63, 3.8) is 0 Å². The molecule has 0 aromatic carbocycles. The van der Waals surface area contributed by atoms with E-state index in [2.05, 4.69) is 5.32 Å². The monoisotopic (exact) mass is 351 g/mol. The first-order valence-corrected chi connectivity index (χ1v) is 10.7. The fourth-order valence-corrected chi connectivity index (χ4v) is 6.22. The summed E-state index contributed by atoms with van der Waals surface area (Å²) < 4.78 is 0. The van der Waals surface area contributed by atoms with E-state index in [4.69, 9.17) is 5.73 Å². The minimum atomic E-state index is -0.264. The Morgan fingerprint density at radius 1 is 1.04 bits per heavy atom. The van der Waals surface area contributed by atoms with E-state index in [0.717, 1.165) is 37.9 Å². The number of hydrogen-bond acceptors (Lipinski definition) is 4. The predicted octanol–water partition coefficient (Wildman–Crippen LogP) is 1.71. The Balaban J connectivity index is 1.40. The molecular formula is C18H29N3O2S. The average Bonchev–Trinajstić information content (AvgIpc) is 2.96. The number of carbonyl (C=O) groups excluding carboxylic acids is 2. The highest BCUT2D eigenvalue weighted by Crippen LogP contribution is 2.40. The summed E-state index contributed by atoms with van der Waals surface area (Å²) in [5.74, 6) is 2.93. The van der Waals surface area contributed by atoms with Gasteiger partial charge in [-0.2, -0.15) is 0 Å². The molecule has 3 unspecified atom stereocenters. The molecule has 4 rings (SSSR count). The van der Waals surface area contributed by atoms with Gasteiger partial charge in [-0.05, 0) is 50.4 Å². The molecule has 0 radical (unpaired) electrons. The molecule has 0 spiro atoms. The summed E-state index contributed by atoms with van der Waals surface area (Å²) in [5, 5.41) is 3.34. The molecule has 3 saturated carbocycles. The van der Waals surface area contributed by atoms with E-state index in [1.54, 1.807) is 11.8 Å². The second-order valence-electron chi connectivity index (χ2n) is 8.17. The number of carbonyl (C=O) groups is 2. The number of nitrogens with two attached hydrogens (primary N) is 1. The maximum Gasteiger partial charge on any atom is 0.243 e. The Labute approximate surface area is 148 Å². The maximum absolute atomic E-state index is 12.9. The van der Waals surface area contributed by atoms with Crippen molar-refractivity contribution >= 4 is 23.6 Å². The third kappa shape index (κ3) is 3.07. The SMILES string of the molecule is NC1CC2CCCC(C1)C2NC(=O)C1CSCN1C(=O)C1CCC1. The summed E-state index contributed by atoms with van der Waals surface area (Å²) in [7, 11) is 0. The molecule has 0 aromatic rings. The predicted molar refractivity (Wildman–Crippen MR) is 95.3 cm³/mol. The molecule has 4 aliphatic rings. The van der Waals surface area contributed by atoms with E-state index in [9.17, 15) is 9.59 Å². The van der Waals surface area contributed by atoms with Gasteiger partial charge in [0.25, 0.3) is 0 Å². The van der Waals surface area contributed by atoms with Crippen LogP contribution in [0.5, 0.6) is 0 Å². The summed E-state index contributed by atoms with van der Waals surface area (Å²) in [5.41, 5.74) is 6.19. The molecule has 4 fully saturated rings. The van der Waals surface area contributed by atoms with Crippen LogP contribution in [0, 0.1) is 17.8 Å². The molecule has 134 valence electrons. The second-order valence-corrected chi connectivity index (χ2v) is 9.17. The molecule has 1 heterocycles. The van der Waals surface area contributed by atoms with Crippen LogP contribution in [-0.2, 0) is 9.59 Å². The second kappa shape index (κ2) is 6.87. The van der Waals surface area contributed by atoms with Crippen molar-refractivity contribution in [3.8, 4) is 0 Å². The fourth-order valence-electron chi connectivity index (χ4n) is 5.05. The molecular weight excluding hydrogens is 322 g/mol. The first kappa shape index (κ1) is 16.7. The van der Waals surface area contributed by atoms with Crippen molar-refractivity contribution < 1.29 is 9.59 Å². The van der Waals surface area contributed by atoms with Crippen molar-refractivity contribution in [2.24, 2.45) is 23.5 Å². The fraction of sp³-hybridized carbons (Fsp3) is 0.889. The van der Waals surface area contributed by atoms with Crippen LogP contribution >= 0.6 is 11.8 Å². The minimum absolute atomic E-state index is 0.0741. The van der Waals surface area contributed by atoms with Gasteiger partial charge >= 0.3 is 0 Å². The van der Waals surface area contributed by atoms with Crippen molar-refractivity contribution in [2.75, 3.05) is 11.6 Å². The summed E-state index contributed by atoms with van der Waals surface area (Å²) in [6.45, 7) is 0. The number of fused-ring (bicyclic) bond motifs is 2. The minimum Gasteiger partial charge on any atom is -0.351 e. The Morgan fingerprint density at radius 2 is 1.71 bits per heavy atom. The number of thioether (sulfide) groups is 1. The number of hydrogen-bond donors (Lipinski definition) is 2. The molecule has 1 aliphatic heterocycles. The Kier molecular flexibility index (Phi) is 4.78. The smallest absolute Gasteiger partial charge is 0.243 e. The zero-order valence-electron chi connectivity index (χ0n) is 14.3. The Hall–Kier alpha value is -0.750. The molecule has 5 nitrogen and oxygen atoms in total. The first-order valence-electron chi connectivity index (χ1n) is 9.57. The molecule has 2 bridgehead atoms. The van der Waals surface area contributed by atoms with Gasteiger partial charge in [-0.15, -0.1) is 11.8 Å². The molecule has 3 atom stereocenters. The van der Waals surface area contributed by atoms with E-state index in [1.165, 1.54) is 19.3 Å². The third-order valence-corrected chi connectivity index (χ3v) is 7.62. The van der Waals surface area contributed by atoms with Crippen molar-refractivity contribution in [2.45, 2.75) is 69.5 Å². The third-order valence-electron chi connectivity index (χ3n) is 6.61. The molecule has 1 saturated heterocycles. The van der Waals surface area contributed by atoms with Gasteiger partial charge in [0, 0.05) is 23.8 Å². The van der Waals surface area contributed by atoms with Gasteiger partial charge in [0.15, 0.2) is 0 Å². The van der Waals surface area contributed by atoms with Crippen molar-refractivity contribution in [1.29, 1.82) is 0 Å². The molecule has 3 N–H and O–H groups in total. The van der Waals surface area contributed by atoms with Gasteiger partial charge in [-0.1, -0.05) is 12.8 Å². The molecule has 6 heteroatoms. The van der Waals surface area contributed by atoms with Gasteiger partial charge in [-0.25, -0.2) is 0 Å². The highest BCUT2D eigenvalue weighted by molar-refractivity contribution is 7.99. The van der Waals surface area contributed by atoms with E-state index < -0.39 is 0 Å². The number of nitrogens with zero attached hydrogens (tertiary/aromatic N) is 1. The highest BCUT2D eigenvalue weighted by atomic mass is 32.2. The zero-order chi connectivity index (χ0) is 16.7. The summed E-state index contributed by atoms with van der Waals surface area (Å²) in [6, 6.07) is 0.309. The number of amides is 2. The van der Waals surface area contributed by atoms with Crippen LogP contribution < -0.4 is 11.1 Å². The highest BCUT2D eigenvalue weighted by Gasteiger charge is 2.43. The van der Waals surface area contributed by atoms with Gasteiger partial charge in [0.1, 0.15) is 6.04 Å². The lowest BCUT2D eigenvalue weighted by molar-refractivity contribution is -0.143. The summed E-state index contributed by atoms with van der Waals surface area (Å²) in [4.78, 5) is 27.4. The molecule has 0 aromatic heterocycles. The van der Waals surface area contributed by atoms with Crippen LogP contribution in [0.15, 0.2) is 0 Å². The number of nitrogens with one attached hydrogen (secondary N) is 1. The lowest BCUT2D eigenvalue weighted by Gasteiger charge is -2.45. The van der Waals surface area contributed by atoms with Crippen LogP contribution in [-0.4, -0.2) is 46.5 Å².